The van der Waals surface area contributed by atoms with Gasteiger partial charge in [-0.3, -0.25) is 4.90 Å². The molecule has 144 valence electrons. The van der Waals surface area contributed by atoms with Crippen molar-refractivity contribution in [3.8, 4) is 6.07 Å². The monoisotopic (exact) mass is 424 g/mol. The molecule has 1 aliphatic heterocycles. The highest BCUT2D eigenvalue weighted by atomic mass is 35.5. The van der Waals surface area contributed by atoms with Gasteiger partial charge in [0.2, 0.25) is 0 Å². The summed E-state index contributed by atoms with van der Waals surface area (Å²) in [6, 6.07) is 1.46. The van der Waals surface area contributed by atoms with Crippen LogP contribution in [0.4, 0.5) is 10.2 Å². The minimum atomic E-state index is -2.67. The van der Waals surface area contributed by atoms with E-state index in [0.717, 1.165) is 17.4 Å². The zero-order valence-electron chi connectivity index (χ0n) is 23.5. The van der Waals surface area contributed by atoms with Crippen LogP contribution in [0.5, 0.6) is 0 Å². The maximum absolute atomic E-state index is 14.2. The molecule has 0 radical (unpaired) electrons. The number of rotatable bonds is 4. The van der Waals surface area contributed by atoms with Crippen LogP contribution < -0.4 is 5.31 Å². The number of anilines is 1. The van der Waals surface area contributed by atoms with Crippen molar-refractivity contribution in [3.63, 3.8) is 0 Å². The Bertz CT molecular complexity index is 1430. The normalized spacial score (nSPS) is 26.1. The fourth-order valence-electron chi connectivity index (χ4n) is 2.69. The number of aryl methyl sites for hydroxylation is 1. The summed E-state index contributed by atoms with van der Waals surface area (Å²) in [6.07, 6.45) is -2.09. The van der Waals surface area contributed by atoms with E-state index >= 15 is 0 Å². The van der Waals surface area contributed by atoms with Gasteiger partial charge in [0.05, 0.1) is 18.0 Å². The van der Waals surface area contributed by atoms with E-state index < -0.39 is 50.5 Å². The summed E-state index contributed by atoms with van der Waals surface area (Å²) >= 11 is 6.91. The molecule has 5 nitrogen and oxygen atoms in total. The van der Waals surface area contributed by atoms with Crippen LogP contribution in [0.3, 0.4) is 0 Å². The van der Waals surface area contributed by atoms with Crippen LogP contribution in [0.1, 0.15) is 40.5 Å². The molecule has 1 unspecified atom stereocenters. The van der Waals surface area contributed by atoms with E-state index in [-0.39, 0.29) is 43.1 Å². The Morgan fingerprint density at radius 2 is 2.36 bits per heavy atom. The first-order valence-electron chi connectivity index (χ1n) is 12.7. The number of thiophene rings is 1. The van der Waals surface area contributed by atoms with Gasteiger partial charge in [-0.25, -0.2) is 14.4 Å². The summed E-state index contributed by atoms with van der Waals surface area (Å²) in [7, 11) is 0. The van der Waals surface area contributed by atoms with Crippen molar-refractivity contribution in [2.75, 3.05) is 18.3 Å². The number of halogens is 2. The first-order valence-corrected chi connectivity index (χ1v) is 9.36. The maximum Gasteiger partial charge on any atom is 0.162 e. The van der Waals surface area contributed by atoms with Gasteiger partial charge in [0.15, 0.2) is 1.41 Å². The van der Waals surface area contributed by atoms with Crippen LogP contribution in [-0.4, -0.2) is 33.9 Å². The standard InChI is InChI=1S/C20H19ClFN5S/c1-12-6-13(7-14(9-23)18(12)22)10-27-4-2-15(3-5-27)26-19-16-8-17(21)28-20(16)25-11-24-19/h6-8,11,15H,2-5,10H2,1H3,(H,24,25,26)/i4D2,5D2,8D,10D,11D,15D/hD. The number of benzene rings is 1. The fraction of sp³-hybridized carbons (Fsp3) is 0.350. The van der Waals surface area contributed by atoms with E-state index in [9.17, 15) is 9.65 Å². The van der Waals surface area contributed by atoms with Crippen molar-refractivity contribution >= 4 is 39.0 Å². The highest BCUT2D eigenvalue weighted by Crippen LogP contribution is 2.32. The van der Waals surface area contributed by atoms with Gasteiger partial charge in [-0.2, -0.15) is 5.26 Å². The third-order valence-electron chi connectivity index (χ3n) is 4.00. The third kappa shape index (κ3) is 3.95. The Hall–Kier alpha value is -2.27. The molecule has 1 N–H and O–H groups in total. The Labute approximate surface area is 184 Å². The third-order valence-corrected chi connectivity index (χ3v) is 5.10. The lowest BCUT2D eigenvalue weighted by Crippen LogP contribution is -2.38. The zero-order valence-corrected chi connectivity index (χ0v) is 16.1. The summed E-state index contributed by atoms with van der Waals surface area (Å²) in [5.41, 5.74) is -0.333. The molecular formula is C20H19ClFN5S. The smallest absolute Gasteiger partial charge is 0.162 e. The Morgan fingerprint density at radius 3 is 3.11 bits per heavy atom. The van der Waals surface area contributed by atoms with E-state index in [1.807, 2.05) is 0 Å². The predicted octanol–water partition coefficient (Wildman–Crippen LogP) is 4.74. The highest BCUT2D eigenvalue weighted by molar-refractivity contribution is 7.22. The first-order chi connectivity index (χ1) is 17.0. The number of nitriles is 1. The molecule has 0 spiro atoms. The second-order valence-corrected chi connectivity index (χ2v) is 7.59. The van der Waals surface area contributed by atoms with Crippen molar-refractivity contribution in [1.29, 1.82) is 5.26 Å². The van der Waals surface area contributed by atoms with E-state index in [0.29, 0.717) is 10.2 Å². The van der Waals surface area contributed by atoms with Crippen molar-refractivity contribution in [2.45, 2.75) is 32.3 Å². The number of aromatic nitrogens is 2. The lowest BCUT2D eigenvalue weighted by Gasteiger charge is -2.32. The average molecular weight is 425 g/mol. The summed E-state index contributed by atoms with van der Waals surface area (Å²) in [5.74, 6) is -1.14. The quantitative estimate of drug-likeness (QED) is 0.655. The summed E-state index contributed by atoms with van der Waals surface area (Å²) < 4.78 is 90.9. The van der Waals surface area contributed by atoms with Gasteiger partial charge < -0.3 is 5.31 Å². The molecule has 1 saturated heterocycles. The molecule has 0 bridgehead atoms. The molecular weight excluding hydrogens is 397 g/mol. The Kier molecular flexibility index (Phi) is 3.16. The minimum Gasteiger partial charge on any atom is -0.367 e. The molecule has 8 heteroatoms. The van der Waals surface area contributed by atoms with Crippen LogP contribution in [0.25, 0.3) is 10.2 Å². The molecule has 3 heterocycles. The lowest BCUT2D eigenvalue weighted by molar-refractivity contribution is 0.211. The summed E-state index contributed by atoms with van der Waals surface area (Å²) in [5, 5.41) is 9.67. The zero-order chi connectivity index (χ0) is 27.7. The largest absolute Gasteiger partial charge is 0.367 e. The SMILES string of the molecule is [2H]c1nc(N([2H])C2([2H])CC([2H])([2H])N(C([2H])c3cc(C)c(F)c(C#N)c3)C([2H])([2H])C2)c2c([2H])c(Cl)sc2n1. The van der Waals surface area contributed by atoms with Crippen LogP contribution in [-0.2, 0) is 6.52 Å². The molecule has 0 saturated carbocycles. The van der Waals surface area contributed by atoms with E-state index in [1.165, 1.54) is 13.0 Å². The van der Waals surface area contributed by atoms with Gasteiger partial charge in [0, 0.05) is 32.4 Å². The van der Waals surface area contributed by atoms with Crippen molar-refractivity contribution in [2.24, 2.45) is 0 Å². The predicted molar refractivity (Wildman–Crippen MR) is 110 cm³/mol. The second-order valence-electron chi connectivity index (χ2n) is 5.99. The molecule has 0 aliphatic carbocycles. The van der Waals surface area contributed by atoms with Crippen LogP contribution in [0, 0.1) is 24.1 Å². The topological polar surface area (TPSA) is 64.8 Å². The fourth-order valence-corrected chi connectivity index (χ4v) is 3.66. The molecule has 1 atom stereocenters. The highest BCUT2D eigenvalue weighted by Gasteiger charge is 2.21. The first kappa shape index (κ1) is 11.1. The van der Waals surface area contributed by atoms with Gasteiger partial charge >= 0.3 is 0 Å². The van der Waals surface area contributed by atoms with Gasteiger partial charge in [-0.15, -0.1) is 11.3 Å². The summed E-state index contributed by atoms with van der Waals surface area (Å²) in [6.45, 7) is -5.67. The van der Waals surface area contributed by atoms with Gasteiger partial charge in [-0.1, -0.05) is 17.7 Å². The number of nitrogens with zero attached hydrogens (tertiary/aromatic N) is 4. The molecule has 0 amide bonds. The van der Waals surface area contributed by atoms with Crippen molar-refractivity contribution in [3.05, 3.63) is 51.3 Å². The molecule has 1 aromatic carbocycles. The van der Waals surface area contributed by atoms with Gasteiger partial charge in [0.1, 0.15) is 30.2 Å². The number of likely N-dealkylation sites (tertiary alicyclic amines) is 1. The molecule has 2 aromatic heterocycles. The Morgan fingerprint density at radius 1 is 1.57 bits per heavy atom. The average Bonchev–Trinajstić information content (AvgIpc) is 3.05. The van der Waals surface area contributed by atoms with Crippen LogP contribution in [0.2, 0.25) is 5.75 Å². The molecule has 4 rings (SSSR count). The van der Waals surface area contributed by atoms with Crippen molar-refractivity contribution in [1.82, 2.24) is 14.9 Å². The van der Waals surface area contributed by atoms with Crippen molar-refractivity contribution < 1.29 is 16.8 Å². The maximum atomic E-state index is 14.2. The van der Waals surface area contributed by atoms with E-state index in [4.69, 9.17) is 24.0 Å². The number of fused-ring (bicyclic) bond motifs is 1. The van der Waals surface area contributed by atoms with E-state index in [1.54, 1.807) is 6.07 Å². The number of nitrogens with one attached hydrogen (secondary N) is 1. The summed E-state index contributed by atoms with van der Waals surface area (Å²) in [4.78, 5) is 8.48. The molecule has 1 aliphatic rings. The number of hydrogen-bond acceptors (Lipinski definition) is 6. The number of piperidine rings is 1. The Balaban J connectivity index is 1.76. The molecule has 28 heavy (non-hydrogen) atoms. The van der Waals surface area contributed by atoms with Gasteiger partial charge in [0.25, 0.3) is 0 Å². The van der Waals surface area contributed by atoms with Gasteiger partial charge in [-0.05, 0) is 43.0 Å². The second kappa shape index (κ2) is 8.00. The lowest BCUT2D eigenvalue weighted by atomic mass is 10.0. The van der Waals surface area contributed by atoms with E-state index in [2.05, 4.69) is 9.97 Å². The van der Waals surface area contributed by atoms with Crippen LogP contribution in [0.15, 0.2) is 24.5 Å². The number of hydrogen-bond donors (Lipinski definition) is 1. The molecule has 1 fully saturated rings. The molecule has 3 aromatic rings. The van der Waals surface area contributed by atoms with Crippen LogP contribution >= 0.6 is 22.9 Å². The minimum absolute atomic E-state index is 0.00784.